The van der Waals surface area contributed by atoms with Gasteiger partial charge < -0.3 is 10.3 Å². The van der Waals surface area contributed by atoms with Crippen LogP contribution in [0, 0.1) is 5.82 Å². The minimum atomic E-state index is -0.337. The molecule has 4 nitrogen and oxygen atoms in total. The van der Waals surface area contributed by atoms with Crippen LogP contribution in [0.3, 0.4) is 0 Å². The highest BCUT2D eigenvalue weighted by atomic mass is 35.5. The van der Waals surface area contributed by atoms with E-state index in [0.29, 0.717) is 12.4 Å². The Bertz CT molecular complexity index is 447. The molecule has 0 fully saturated rings. The zero-order valence-corrected chi connectivity index (χ0v) is 9.84. The molecule has 0 saturated carbocycles. The van der Waals surface area contributed by atoms with Gasteiger partial charge in [-0.25, -0.2) is 9.37 Å². The number of nitrogen functional groups attached to an aromatic ring is 1. The second kappa shape index (κ2) is 6.30. The highest BCUT2D eigenvalue weighted by Gasteiger charge is 1.98. The van der Waals surface area contributed by atoms with Crippen LogP contribution in [0.15, 0.2) is 31.0 Å². The molecule has 2 aromatic heterocycles. The predicted octanol–water partition coefficient (Wildman–Crippen LogP) is 1.89. The van der Waals surface area contributed by atoms with Gasteiger partial charge in [0.05, 0.1) is 19.1 Å². The summed E-state index contributed by atoms with van der Waals surface area (Å²) >= 11 is 0. The SMILES string of the molecule is Cl.Cl.Nc1cn(Cc2cncc(F)c2)cn1. The summed E-state index contributed by atoms with van der Waals surface area (Å²) in [5.41, 5.74) is 6.22. The highest BCUT2D eigenvalue weighted by Crippen LogP contribution is 2.05. The number of hydrogen-bond donors (Lipinski definition) is 1. The summed E-state index contributed by atoms with van der Waals surface area (Å²) < 4.78 is 14.5. The van der Waals surface area contributed by atoms with Gasteiger partial charge in [-0.3, -0.25) is 4.98 Å². The normalized spacial score (nSPS) is 9.06. The monoisotopic (exact) mass is 264 g/mol. The maximum absolute atomic E-state index is 12.8. The summed E-state index contributed by atoms with van der Waals surface area (Å²) in [7, 11) is 0. The second-order valence-electron chi connectivity index (χ2n) is 2.98. The van der Waals surface area contributed by atoms with Gasteiger partial charge in [0.25, 0.3) is 0 Å². The van der Waals surface area contributed by atoms with Crippen molar-refractivity contribution >= 4 is 30.6 Å². The maximum Gasteiger partial charge on any atom is 0.141 e. The first-order valence-corrected chi connectivity index (χ1v) is 4.11. The number of anilines is 1. The van der Waals surface area contributed by atoms with Crippen LogP contribution in [-0.4, -0.2) is 14.5 Å². The molecule has 7 heteroatoms. The van der Waals surface area contributed by atoms with E-state index in [1.165, 1.54) is 12.3 Å². The first-order valence-electron chi connectivity index (χ1n) is 4.11. The number of rotatable bonds is 2. The maximum atomic E-state index is 12.8. The topological polar surface area (TPSA) is 56.7 Å². The van der Waals surface area contributed by atoms with Gasteiger partial charge in [-0.05, 0) is 11.6 Å². The summed E-state index contributed by atoms with van der Waals surface area (Å²) in [6, 6.07) is 1.43. The number of nitrogens with two attached hydrogens (primary N) is 1. The van der Waals surface area contributed by atoms with E-state index in [2.05, 4.69) is 9.97 Å². The molecule has 0 radical (unpaired) electrons. The highest BCUT2D eigenvalue weighted by molar-refractivity contribution is 5.85. The number of imidazole rings is 1. The molecule has 2 N–H and O–H groups in total. The Labute approximate surface area is 105 Å². The number of hydrogen-bond acceptors (Lipinski definition) is 3. The van der Waals surface area contributed by atoms with E-state index in [-0.39, 0.29) is 30.6 Å². The van der Waals surface area contributed by atoms with Crippen LogP contribution in [-0.2, 0) is 6.54 Å². The Hall–Kier alpha value is -1.33. The Balaban J connectivity index is 0.00000112. The van der Waals surface area contributed by atoms with Crippen LogP contribution in [0.4, 0.5) is 10.2 Å². The van der Waals surface area contributed by atoms with Crippen molar-refractivity contribution in [1.29, 1.82) is 0 Å². The van der Waals surface area contributed by atoms with Crippen molar-refractivity contribution in [3.8, 4) is 0 Å². The van der Waals surface area contributed by atoms with Crippen LogP contribution in [0.25, 0.3) is 0 Å². The van der Waals surface area contributed by atoms with Crippen molar-refractivity contribution in [1.82, 2.24) is 14.5 Å². The van der Waals surface area contributed by atoms with E-state index < -0.39 is 0 Å². The lowest BCUT2D eigenvalue weighted by Gasteiger charge is -2.00. The molecule has 16 heavy (non-hydrogen) atoms. The Morgan fingerprint density at radius 3 is 2.62 bits per heavy atom. The van der Waals surface area contributed by atoms with Crippen molar-refractivity contribution < 1.29 is 4.39 Å². The second-order valence-corrected chi connectivity index (χ2v) is 2.98. The van der Waals surface area contributed by atoms with Crippen LogP contribution in [0.2, 0.25) is 0 Å². The fourth-order valence-electron chi connectivity index (χ4n) is 1.22. The average Bonchev–Trinajstić information content (AvgIpc) is 2.51. The smallest absolute Gasteiger partial charge is 0.141 e. The van der Waals surface area contributed by atoms with Crippen LogP contribution >= 0.6 is 24.8 Å². The zero-order chi connectivity index (χ0) is 9.97. The van der Waals surface area contributed by atoms with E-state index in [1.54, 1.807) is 23.3 Å². The van der Waals surface area contributed by atoms with Gasteiger partial charge in [0.1, 0.15) is 11.6 Å². The molecule has 0 aromatic carbocycles. The standard InChI is InChI=1S/C9H9FN4.2ClH/c10-8-1-7(2-12-3-8)4-14-5-9(11)13-6-14;;/h1-3,5-6H,4,11H2;2*1H. The van der Waals surface area contributed by atoms with Crippen molar-refractivity contribution in [2.75, 3.05) is 5.73 Å². The van der Waals surface area contributed by atoms with E-state index >= 15 is 0 Å². The molecule has 0 saturated heterocycles. The summed E-state index contributed by atoms with van der Waals surface area (Å²) in [6.07, 6.45) is 6.07. The summed E-state index contributed by atoms with van der Waals surface area (Å²) in [5.74, 6) is 0.116. The minimum absolute atomic E-state index is 0. The van der Waals surface area contributed by atoms with Gasteiger partial charge in [0.2, 0.25) is 0 Å². The Morgan fingerprint density at radius 1 is 1.31 bits per heavy atom. The lowest BCUT2D eigenvalue weighted by atomic mass is 10.3. The molecule has 0 unspecified atom stereocenters. The molecule has 0 atom stereocenters. The van der Waals surface area contributed by atoms with Gasteiger partial charge in [-0.1, -0.05) is 0 Å². The molecule has 0 aliphatic heterocycles. The fourth-order valence-corrected chi connectivity index (χ4v) is 1.22. The quantitative estimate of drug-likeness (QED) is 0.902. The largest absolute Gasteiger partial charge is 0.382 e. The van der Waals surface area contributed by atoms with Crippen LogP contribution < -0.4 is 5.73 Å². The van der Waals surface area contributed by atoms with E-state index in [9.17, 15) is 4.39 Å². The minimum Gasteiger partial charge on any atom is -0.382 e. The summed E-state index contributed by atoms with van der Waals surface area (Å²) in [5, 5.41) is 0. The van der Waals surface area contributed by atoms with Gasteiger partial charge in [0.15, 0.2) is 0 Å². The number of nitrogens with zero attached hydrogens (tertiary/aromatic N) is 3. The van der Waals surface area contributed by atoms with Gasteiger partial charge >= 0.3 is 0 Å². The molecule has 2 heterocycles. The number of pyridine rings is 1. The molecule has 0 amide bonds. The molecular weight excluding hydrogens is 254 g/mol. The average molecular weight is 265 g/mol. The molecule has 2 aromatic rings. The molecular formula is C9H11Cl2FN4. The fraction of sp³-hybridized carbons (Fsp3) is 0.111. The molecule has 0 aliphatic carbocycles. The summed E-state index contributed by atoms with van der Waals surface area (Å²) in [4.78, 5) is 7.61. The molecule has 0 spiro atoms. The molecule has 0 aliphatic rings. The lowest BCUT2D eigenvalue weighted by Crippen LogP contribution is -1.97. The van der Waals surface area contributed by atoms with Crippen molar-refractivity contribution in [2.45, 2.75) is 6.54 Å². The molecule has 0 bridgehead atoms. The van der Waals surface area contributed by atoms with Crippen LogP contribution in [0.1, 0.15) is 5.56 Å². The van der Waals surface area contributed by atoms with Gasteiger partial charge in [0, 0.05) is 12.4 Å². The third-order valence-electron chi connectivity index (χ3n) is 1.78. The van der Waals surface area contributed by atoms with Crippen molar-refractivity contribution in [3.63, 3.8) is 0 Å². The number of halogens is 3. The third kappa shape index (κ3) is 3.67. The van der Waals surface area contributed by atoms with Crippen LogP contribution in [0.5, 0.6) is 0 Å². The van der Waals surface area contributed by atoms with Crippen molar-refractivity contribution in [2.24, 2.45) is 0 Å². The van der Waals surface area contributed by atoms with Crippen molar-refractivity contribution in [3.05, 3.63) is 42.4 Å². The van der Waals surface area contributed by atoms with E-state index in [4.69, 9.17) is 5.73 Å². The van der Waals surface area contributed by atoms with Gasteiger partial charge in [-0.2, -0.15) is 0 Å². The van der Waals surface area contributed by atoms with E-state index in [1.807, 2.05) is 0 Å². The summed E-state index contributed by atoms with van der Waals surface area (Å²) in [6.45, 7) is 0.523. The Kier molecular flexibility index (Phi) is 5.77. The Morgan fingerprint density at radius 2 is 2.06 bits per heavy atom. The number of aromatic nitrogens is 3. The first kappa shape index (κ1) is 14.7. The molecule has 2 rings (SSSR count). The lowest BCUT2D eigenvalue weighted by molar-refractivity contribution is 0.616. The first-order chi connectivity index (χ1) is 6.74. The van der Waals surface area contributed by atoms with E-state index in [0.717, 1.165) is 5.56 Å². The van der Waals surface area contributed by atoms with Gasteiger partial charge in [-0.15, -0.1) is 24.8 Å². The molecule has 88 valence electrons. The zero-order valence-electron chi connectivity index (χ0n) is 8.21. The third-order valence-corrected chi connectivity index (χ3v) is 1.78. The predicted molar refractivity (Wildman–Crippen MR) is 64.4 cm³/mol.